The average molecular weight is 569 g/mol. The van der Waals surface area contributed by atoms with Crippen molar-refractivity contribution in [2.45, 2.75) is 84.3 Å². The van der Waals surface area contributed by atoms with Gasteiger partial charge < -0.3 is 19.4 Å². The summed E-state index contributed by atoms with van der Waals surface area (Å²) in [6.45, 7) is 11.0. The number of carbonyl (C=O) groups is 1. The molecule has 2 heterocycles. The van der Waals surface area contributed by atoms with E-state index in [-0.39, 0.29) is 29.9 Å². The van der Waals surface area contributed by atoms with E-state index in [0.717, 1.165) is 53.0 Å². The van der Waals surface area contributed by atoms with Crippen LogP contribution in [0, 0.1) is 5.82 Å². The highest BCUT2D eigenvalue weighted by Gasteiger charge is 2.36. The van der Waals surface area contributed by atoms with Crippen molar-refractivity contribution in [3.8, 4) is 22.4 Å². The van der Waals surface area contributed by atoms with Crippen LogP contribution in [0.15, 0.2) is 84.9 Å². The van der Waals surface area contributed by atoms with E-state index in [2.05, 4.69) is 30.7 Å². The molecule has 5 nitrogen and oxygen atoms in total. The van der Waals surface area contributed by atoms with Crippen LogP contribution >= 0.6 is 0 Å². The minimum atomic E-state index is -0.656. The minimum absolute atomic E-state index is 0.00366. The molecule has 0 aliphatic carbocycles. The van der Waals surface area contributed by atoms with Crippen LogP contribution in [0.1, 0.15) is 75.9 Å². The zero-order valence-corrected chi connectivity index (χ0v) is 25.2. The summed E-state index contributed by atoms with van der Waals surface area (Å²) >= 11 is 0. The maximum absolute atomic E-state index is 14.2. The van der Waals surface area contributed by atoms with E-state index in [9.17, 15) is 9.18 Å². The number of halogens is 1. The van der Waals surface area contributed by atoms with Gasteiger partial charge in [0.15, 0.2) is 5.79 Å². The van der Waals surface area contributed by atoms with Crippen molar-refractivity contribution in [1.29, 1.82) is 0 Å². The number of anilines is 1. The highest BCUT2D eigenvalue weighted by atomic mass is 19.1. The minimum Gasteiger partial charge on any atom is -0.347 e. The van der Waals surface area contributed by atoms with Gasteiger partial charge in [-0.15, -0.1) is 0 Å². The van der Waals surface area contributed by atoms with Gasteiger partial charge >= 0.3 is 0 Å². The number of amides is 1. The Morgan fingerprint density at radius 1 is 0.929 bits per heavy atom. The molecule has 4 aromatic rings. The molecule has 1 aromatic heterocycles. The highest BCUT2D eigenvalue weighted by Crippen LogP contribution is 2.43. The lowest BCUT2D eigenvalue weighted by atomic mass is 9.94. The van der Waals surface area contributed by atoms with Crippen LogP contribution in [0.3, 0.4) is 0 Å². The lowest BCUT2D eigenvalue weighted by Gasteiger charge is -2.41. The van der Waals surface area contributed by atoms with Crippen molar-refractivity contribution in [2.75, 3.05) is 5.32 Å². The summed E-state index contributed by atoms with van der Waals surface area (Å²) in [6.07, 6.45) is 2.63. The number of nitrogens with one attached hydrogen (secondary N) is 1. The smallest absolute Gasteiger partial charge is 0.258 e. The average Bonchev–Trinajstić information content (AvgIpc) is 3.32. The predicted octanol–water partition coefficient (Wildman–Crippen LogP) is 9.05. The zero-order valence-electron chi connectivity index (χ0n) is 25.2. The molecule has 220 valence electrons. The number of hydrogen-bond acceptors (Lipinski definition) is 3. The summed E-state index contributed by atoms with van der Waals surface area (Å²) in [6, 6.07) is 26.1. The monoisotopic (exact) mass is 568 g/mol. The molecule has 0 bridgehead atoms. The van der Waals surface area contributed by atoms with Gasteiger partial charge in [0.1, 0.15) is 5.82 Å². The van der Waals surface area contributed by atoms with Crippen molar-refractivity contribution in [3.63, 3.8) is 0 Å². The van der Waals surface area contributed by atoms with E-state index in [1.807, 2.05) is 74.5 Å². The second-order valence-electron chi connectivity index (χ2n) is 11.8. The molecule has 0 saturated carbocycles. The Bertz CT molecular complexity index is 1490. The number of carbonyl (C=O) groups excluding carboxylic acids is 1. The number of nitrogens with zero attached hydrogens (tertiary/aromatic N) is 1. The van der Waals surface area contributed by atoms with Gasteiger partial charge in [-0.25, -0.2) is 4.39 Å². The molecule has 1 N–H and O–H groups in total. The topological polar surface area (TPSA) is 52.5 Å². The van der Waals surface area contributed by atoms with E-state index in [1.54, 1.807) is 12.1 Å². The van der Waals surface area contributed by atoms with Gasteiger partial charge in [-0.1, -0.05) is 69.3 Å². The molecule has 5 rings (SSSR count). The first-order valence-corrected chi connectivity index (χ1v) is 15.0. The molecule has 2 atom stereocenters. The third-order valence-electron chi connectivity index (χ3n) is 7.85. The molecular formula is C36H41FN2O3. The van der Waals surface area contributed by atoms with Crippen molar-refractivity contribution in [1.82, 2.24) is 4.57 Å². The standard InChI is InChI=1S/C36H41FN2O3/c1-6-29-23-30(42-36(4,5)41-29)21-22-39-33(24(2)3)32(35(40)38-28-15-11-8-12-16-28)31(25-13-9-7-10-14-25)34(39)26-17-19-27(37)20-18-26/h7-20,24,29-30H,6,21-23H2,1-5H3,(H,38,40). The normalized spacial score (nSPS) is 18.3. The quantitative estimate of drug-likeness (QED) is 0.219. The highest BCUT2D eigenvalue weighted by molar-refractivity contribution is 6.12. The largest absolute Gasteiger partial charge is 0.347 e. The van der Waals surface area contributed by atoms with Crippen LogP contribution in [-0.2, 0) is 16.0 Å². The molecule has 1 fully saturated rings. The van der Waals surface area contributed by atoms with Crippen LogP contribution in [0.2, 0.25) is 0 Å². The molecular weight excluding hydrogens is 527 g/mol. The van der Waals surface area contributed by atoms with E-state index < -0.39 is 5.79 Å². The fourth-order valence-corrected chi connectivity index (χ4v) is 6.13. The second-order valence-corrected chi connectivity index (χ2v) is 11.8. The SMILES string of the molecule is CCC1CC(CCn2c(-c3ccc(F)cc3)c(-c3ccccc3)c(C(=O)Nc3ccccc3)c2C(C)C)OC(C)(C)O1. The van der Waals surface area contributed by atoms with Crippen molar-refractivity contribution in [2.24, 2.45) is 0 Å². The summed E-state index contributed by atoms with van der Waals surface area (Å²) in [7, 11) is 0. The van der Waals surface area contributed by atoms with E-state index in [4.69, 9.17) is 9.47 Å². The van der Waals surface area contributed by atoms with E-state index >= 15 is 0 Å². The lowest BCUT2D eigenvalue weighted by Crippen LogP contribution is -2.44. The Morgan fingerprint density at radius 3 is 2.17 bits per heavy atom. The number of benzene rings is 3. The number of ether oxygens (including phenoxy) is 2. The lowest BCUT2D eigenvalue weighted by molar-refractivity contribution is -0.300. The molecule has 1 saturated heterocycles. The molecule has 3 aromatic carbocycles. The van der Waals surface area contributed by atoms with Crippen molar-refractivity contribution in [3.05, 3.63) is 102 Å². The Balaban J connectivity index is 1.69. The third-order valence-corrected chi connectivity index (χ3v) is 7.85. The summed E-state index contributed by atoms with van der Waals surface area (Å²) < 4.78 is 28.9. The van der Waals surface area contributed by atoms with E-state index in [0.29, 0.717) is 12.1 Å². The first-order valence-electron chi connectivity index (χ1n) is 15.0. The van der Waals surface area contributed by atoms with Crippen molar-refractivity contribution < 1.29 is 18.7 Å². The molecule has 2 unspecified atom stereocenters. The van der Waals surface area contributed by atoms with E-state index in [1.165, 1.54) is 12.1 Å². The Morgan fingerprint density at radius 2 is 1.55 bits per heavy atom. The van der Waals surface area contributed by atoms with Gasteiger partial charge in [-0.05, 0) is 80.1 Å². The summed E-state index contributed by atoms with van der Waals surface area (Å²) in [5.41, 5.74) is 5.86. The molecule has 1 aliphatic rings. The molecule has 1 aliphatic heterocycles. The Hall–Kier alpha value is -3.74. The zero-order chi connectivity index (χ0) is 29.9. The number of aromatic nitrogens is 1. The maximum atomic E-state index is 14.2. The molecule has 42 heavy (non-hydrogen) atoms. The molecule has 0 spiro atoms. The first kappa shape index (κ1) is 29.7. The number of para-hydroxylation sites is 1. The fourth-order valence-electron chi connectivity index (χ4n) is 6.13. The summed E-state index contributed by atoms with van der Waals surface area (Å²) in [4.78, 5) is 14.2. The molecule has 6 heteroatoms. The van der Waals surface area contributed by atoms with Crippen LogP contribution in [-0.4, -0.2) is 28.5 Å². The first-order chi connectivity index (χ1) is 20.2. The second kappa shape index (κ2) is 12.6. The summed E-state index contributed by atoms with van der Waals surface area (Å²) in [5, 5.41) is 3.14. The van der Waals surface area contributed by atoms with Gasteiger partial charge in [0.05, 0.1) is 23.5 Å². The van der Waals surface area contributed by atoms with Crippen LogP contribution < -0.4 is 5.32 Å². The van der Waals surface area contributed by atoms with Crippen LogP contribution in [0.4, 0.5) is 10.1 Å². The van der Waals surface area contributed by atoms with Crippen LogP contribution in [0.25, 0.3) is 22.4 Å². The van der Waals surface area contributed by atoms with Gasteiger partial charge in [0.2, 0.25) is 0 Å². The molecule has 0 radical (unpaired) electrons. The fraction of sp³-hybridized carbons (Fsp3) is 0.361. The molecule has 1 amide bonds. The van der Waals surface area contributed by atoms with Gasteiger partial charge in [-0.2, -0.15) is 0 Å². The third kappa shape index (κ3) is 6.50. The van der Waals surface area contributed by atoms with Gasteiger partial charge in [-0.3, -0.25) is 4.79 Å². The number of rotatable bonds is 9. The Kier molecular flexibility index (Phi) is 8.95. The number of hydrogen-bond donors (Lipinski definition) is 1. The van der Waals surface area contributed by atoms with Gasteiger partial charge in [0.25, 0.3) is 5.91 Å². The summed E-state index contributed by atoms with van der Waals surface area (Å²) in [5.74, 6) is -1.08. The Labute approximate surface area is 248 Å². The van der Waals surface area contributed by atoms with Gasteiger partial charge in [0, 0.05) is 29.9 Å². The van der Waals surface area contributed by atoms with Crippen molar-refractivity contribution >= 4 is 11.6 Å². The maximum Gasteiger partial charge on any atom is 0.258 e. The van der Waals surface area contributed by atoms with Crippen LogP contribution in [0.5, 0.6) is 0 Å². The predicted molar refractivity (Wildman–Crippen MR) is 167 cm³/mol.